The zero-order valence-corrected chi connectivity index (χ0v) is 13.4. The zero-order chi connectivity index (χ0) is 17.3. The van der Waals surface area contributed by atoms with Crippen molar-refractivity contribution in [1.29, 1.82) is 0 Å². The quantitative estimate of drug-likeness (QED) is 0.556. The molecule has 2 aromatic carbocycles. The molecular weight excluding hydrogens is 307 g/mol. The molecule has 1 aromatic heterocycles. The summed E-state index contributed by atoms with van der Waals surface area (Å²) in [5.41, 5.74) is 2.29. The molecule has 3 aromatic rings. The van der Waals surface area contributed by atoms with E-state index in [1.54, 1.807) is 12.1 Å². The molecule has 4 nitrogen and oxygen atoms in total. The first-order valence-electron chi connectivity index (χ1n) is 7.68. The summed E-state index contributed by atoms with van der Waals surface area (Å²) in [6.07, 6.45) is 1.43. The molecule has 3 rings (SSSR count). The lowest BCUT2D eigenvalue weighted by atomic mass is 10.0. The van der Waals surface area contributed by atoms with Crippen molar-refractivity contribution in [2.75, 3.05) is 5.32 Å². The van der Waals surface area contributed by atoms with Gasteiger partial charge in [0.25, 0.3) is 11.7 Å². The van der Waals surface area contributed by atoms with Crippen LogP contribution in [0.3, 0.4) is 0 Å². The number of rotatable bonds is 4. The zero-order valence-electron chi connectivity index (χ0n) is 13.4. The molecule has 24 heavy (non-hydrogen) atoms. The summed E-state index contributed by atoms with van der Waals surface area (Å²) in [6, 6.07) is 11.4. The number of anilines is 1. The largest absolute Gasteiger partial charge is 0.360 e. The maximum Gasteiger partial charge on any atom is 0.296 e. The molecule has 0 fully saturated rings. The van der Waals surface area contributed by atoms with Crippen LogP contribution in [0.5, 0.6) is 0 Å². The molecule has 0 aliphatic heterocycles. The first kappa shape index (κ1) is 15.9. The summed E-state index contributed by atoms with van der Waals surface area (Å²) in [6.45, 7) is 4.03. The molecule has 0 aliphatic rings. The molecule has 0 radical (unpaired) electrons. The number of carbonyl (C=O) groups excluding carboxylic acids is 2. The third-order valence-corrected chi connectivity index (χ3v) is 3.93. The summed E-state index contributed by atoms with van der Waals surface area (Å²) < 4.78 is 13.2. The SMILES string of the molecule is CC(C)c1ccccc1NC(=O)C(=O)c1c[nH]c2cc(F)ccc12. The molecule has 0 unspecified atom stereocenters. The fourth-order valence-corrected chi connectivity index (χ4v) is 2.70. The molecule has 5 heteroatoms. The number of H-pyrrole nitrogens is 1. The average Bonchev–Trinajstić information content (AvgIpc) is 2.97. The summed E-state index contributed by atoms with van der Waals surface area (Å²) in [5.74, 6) is -1.56. The van der Waals surface area contributed by atoms with Crippen molar-refractivity contribution in [2.45, 2.75) is 19.8 Å². The van der Waals surface area contributed by atoms with Gasteiger partial charge in [0, 0.05) is 22.8 Å². The topological polar surface area (TPSA) is 62.0 Å². The van der Waals surface area contributed by atoms with Gasteiger partial charge in [-0.15, -0.1) is 0 Å². The number of para-hydroxylation sites is 1. The number of aromatic amines is 1. The van der Waals surface area contributed by atoms with Gasteiger partial charge in [-0.3, -0.25) is 9.59 Å². The van der Waals surface area contributed by atoms with Crippen molar-refractivity contribution in [3.63, 3.8) is 0 Å². The number of nitrogens with one attached hydrogen (secondary N) is 2. The van der Waals surface area contributed by atoms with Gasteiger partial charge in [0.1, 0.15) is 5.82 Å². The number of hydrogen-bond acceptors (Lipinski definition) is 2. The van der Waals surface area contributed by atoms with Crippen molar-refractivity contribution < 1.29 is 14.0 Å². The molecule has 2 N–H and O–H groups in total. The van der Waals surface area contributed by atoms with Crippen LogP contribution in [0.4, 0.5) is 10.1 Å². The maximum absolute atomic E-state index is 13.2. The lowest BCUT2D eigenvalue weighted by Crippen LogP contribution is -2.23. The monoisotopic (exact) mass is 324 g/mol. The van der Waals surface area contributed by atoms with E-state index in [9.17, 15) is 14.0 Å². The van der Waals surface area contributed by atoms with Crippen molar-refractivity contribution in [1.82, 2.24) is 4.98 Å². The fraction of sp³-hybridized carbons (Fsp3) is 0.158. The highest BCUT2D eigenvalue weighted by atomic mass is 19.1. The molecule has 0 bridgehead atoms. The Labute approximate surface area is 138 Å². The Morgan fingerprint density at radius 3 is 2.62 bits per heavy atom. The summed E-state index contributed by atoms with van der Waals surface area (Å²) in [7, 11) is 0. The van der Waals surface area contributed by atoms with Gasteiger partial charge in [-0.1, -0.05) is 32.0 Å². The molecule has 0 saturated carbocycles. The van der Waals surface area contributed by atoms with Crippen molar-refractivity contribution in [3.05, 3.63) is 65.6 Å². The Morgan fingerprint density at radius 1 is 1.12 bits per heavy atom. The summed E-state index contributed by atoms with van der Waals surface area (Å²) in [5, 5.41) is 3.20. The minimum Gasteiger partial charge on any atom is -0.360 e. The van der Waals surface area contributed by atoms with E-state index < -0.39 is 17.5 Å². The van der Waals surface area contributed by atoms with Crippen LogP contribution in [0.15, 0.2) is 48.7 Å². The van der Waals surface area contributed by atoms with Crippen LogP contribution < -0.4 is 5.32 Å². The minimum atomic E-state index is -0.715. The van der Waals surface area contributed by atoms with Gasteiger partial charge in [0.05, 0.1) is 5.56 Å². The lowest BCUT2D eigenvalue weighted by Gasteiger charge is -2.13. The van der Waals surface area contributed by atoms with Crippen molar-refractivity contribution >= 4 is 28.3 Å². The van der Waals surface area contributed by atoms with E-state index in [1.807, 2.05) is 26.0 Å². The highest BCUT2D eigenvalue weighted by molar-refractivity contribution is 6.48. The first-order valence-corrected chi connectivity index (χ1v) is 7.68. The predicted octanol–water partition coefficient (Wildman–Crippen LogP) is 4.25. The van der Waals surface area contributed by atoms with Gasteiger partial charge in [0.15, 0.2) is 0 Å². The highest BCUT2D eigenvalue weighted by Crippen LogP contribution is 2.24. The van der Waals surface area contributed by atoms with Gasteiger partial charge in [0.2, 0.25) is 0 Å². The fourth-order valence-electron chi connectivity index (χ4n) is 2.70. The van der Waals surface area contributed by atoms with Crippen molar-refractivity contribution in [2.24, 2.45) is 0 Å². The normalized spacial score (nSPS) is 11.0. The number of ketones is 1. The first-order chi connectivity index (χ1) is 11.5. The number of carbonyl (C=O) groups is 2. The van der Waals surface area contributed by atoms with Gasteiger partial charge in [-0.05, 0) is 35.7 Å². The Bertz CT molecular complexity index is 928. The third kappa shape index (κ3) is 2.93. The van der Waals surface area contributed by atoms with Crippen LogP contribution in [0.1, 0.15) is 35.7 Å². The van der Waals surface area contributed by atoms with Crippen LogP contribution in [0.2, 0.25) is 0 Å². The number of benzene rings is 2. The second kappa shape index (κ2) is 6.28. The van der Waals surface area contributed by atoms with Crippen molar-refractivity contribution in [3.8, 4) is 0 Å². The molecule has 0 spiro atoms. The van der Waals surface area contributed by atoms with Crippen LogP contribution in [0, 0.1) is 5.82 Å². The van der Waals surface area contributed by atoms with E-state index in [0.717, 1.165) is 5.56 Å². The summed E-state index contributed by atoms with van der Waals surface area (Å²) in [4.78, 5) is 27.6. The van der Waals surface area contributed by atoms with Gasteiger partial charge in [-0.2, -0.15) is 0 Å². The average molecular weight is 324 g/mol. The smallest absolute Gasteiger partial charge is 0.296 e. The molecular formula is C19H17FN2O2. The Balaban J connectivity index is 1.89. The van der Waals surface area contributed by atoms with E-state index in [2.05, 4.69) is 10.3 Å². The Morgan fingerprint density at radius 2 is 1.88 bits per heavy atom. The molecule has 0 saturated heterocycles. The maximum atomic E-state index is 13.2. The number of hydrogen-bond donors (Lipinski definition) is 2. The predicted molar refractivity (Wildman–Crippen MR) is 91.7 cm³/mol. The number of Topliss-reactive ketones (excluding diaryl/α,β-unsaturated/α-hetero) is 1. The van der Waals surface area contributed by atoms with Crippen LogP contribution in [-0.2, 0) is 4.79 Å². The van der Waals surface area contributed by atoms with Gasteiger partial charge >= 0.3 is 0 Å². The Hall–Kier alpha value is -2.95. The van der Waals surface area contributed by atoms with Crippen LogP contribution in [-0.4, -0.2) is 16.7 Å². The molecule has 1 heterocycles. The van der Waals surface area contributed by atoms with E-state index in [1.165, 1.54) is 24.4 Å². The molecule has 0 aliphatic carbocycles. The number of amides is 1. The van der Waals surface area contributed by atoms with E-state index in [4.69, 9.17) is 0 Å². The number of fused-ring (bicyclic) bond motifs is 1. The highest BCUT2D eigenvalue weighted by Gasteiger charge is 2.21. The van der Waals surface area contributed by atoms with Gasteiger partial charge < -0.3 is 10.3 Å². The second-order valence-corrected chi connectivity index (χ2v) is 5.92. The third-order valence-electron chi connectivity index (χ3n) is 3.93. The van der Waals surface area contributed by atoms with Crippen LogP contribution >= 0.6 is 0 Å². The molecule has 122 valence electrons. The van der Waals surface area contributed by atoms with E-state index in [-0.39, 0.29) is 11.5 Å². The summed E-state index contributed by atoms with van der Waals surface area (Å²) >= 11 is 0. The Kier molecular flexibility index (Phi) is 4.16. The second-order valence-electron chi connectivity index (χ2n) is 5.92. The van der Waals surface area contributed by atoms with Crippen LogP contribution in [0.25, 0.3) is 10.9 Å². The van der Waals surface area contributed by atoms with E-state index in [0.29, 0.717) is 16.6 Å². The number of aromatic nitrogens is 1. The van der Waals surface area contributed by atoms with E-state index >= 15 is 0 Å². The van der Waals surface area contributed by atoms with Gasteiger partial charge in [-0.25, -0.2) is 4.39 Å². The molecule has 0 atom stereocenters. The number of halogens is 1. The standard InChI is InChI=1S/C19H17FN2O2/c1-11(2)13-5-3-4-6-16(13)22-19(24)18(23)15-10-21-17-9-12(20)7-8-14(15)17/h3-11,21H,1-2H3,(H,22,24). The minimum absolute atomic E-state index is 0.215. The molecule has 1 amide bonds. The lowest BCUT2D eigenvalue weighted by molar-refractivity contribution is -0.112.